The first kappa shape index (κ1) is 10.6. The van der Waals surface area contributed by atoms with Crippen LogP contribution in [0.5, 0.6) is 0 Å². The van der Waals surface area contributed by atoms with Crippen molar-refractivity contribution in [3.63, 3.8) is 0 Å². The number of thiophene rings is 2. The second kappa shape index (κ2) is 4.29. The second-order valence-corrected chi connectivity index (χ2v) is 5.49. The summed E-state index contributed by atoms with van der Waals surface area (Å²) in [5.41, 5.74) is 1.01. The van der Waals surface area contributed by atoms with E-state index in [1.165, 1.54) is 9.40 Å². The normalized spacial score (nSPS) is 10.7. The number of allylic oxidation sites excluding steroid dienone is 1. The molecule has 2 aromatic heterocycles. The molecule has 1 nitrogen and oxygen atoms in total. The van der Waals surface area contributed by atoms with Gasteiger partial charge in [0, 0.05) is 15.8 Å². The Morgan fingerprint density at radius 1 is 1.47 bits per heavy atom. The van der Waals surface area contributed by atoms with Crippen molar-refractivity contribution >= 4 is 37.9 Å². The number of ketones is 1. The van der Waals surface area contributed by atoms with Crippen molar-refractivity contribution < 1.29 is 4.79 Å². The van der Waals surface area contributed by atoms with Crippen LogP contribution in [0.2, 0.25) is 0 Å². The number of carbonyl (C=O) groups is 1. The van der Waals surface area contributed by atoms with E-state index in [-0.39, 0.29) is 5.78 Å². The Labute approximate surface area is 97.1 Å². The van der Waals surface area contributed by atoms with Gasteiger partial charge in [0.15, 0.2) is 5.78 Å². The minimum atomic E-state index is 0.204. The lowest BCUT2D eigenvalue weighted by Crippen LogP contribution is -1.96. The van der Waals surface area contributed by atoms with Crippen LogP contribution in [0.3, 0.4) is 0 Å². The molecule has 2 heterocycles. The van der Waals surface area contributed by atoms with E-state index in [2.05, 4.69) is 18.0 Å². The van der Waals surface area contributed by atoms with Crippen LogP contribution < -0.4 is 0 Å². The van der Waals surface area contributed by atoms with E-state index >= 15 is 0 Å². The van der Waals surface area contributed by atoms with Crippen LogP contribution in [0.25, 0.3) is 9.40 Å². The highest BCUT2D eigenvalue weighted by atomic mass is 32.1. The van der Waals surface area contributed by atoms with Gasteiger partial charge in [0.2, 0.25) is 0 Å². The van der Waals surface area contributed by atoms with Crippen molar-refractivity contribution in [2.45, 2.75) is 19.8 Å². The van der Waals surface area contributed by atoms with Crippen LogP contribution in [-0.2, 0) is 0 Å². The monoisotopic (exact) mass is 236 g/mol. The molecular formula is C12H12OS2. The molecule has 0 aliphatic heterocycles. The van der Waals surface area contributed by atoms with Crippen LogP contribution in [0.4, 0.5) is 0 Å². The van der Waals surface area contributed by atoms with Gasteiger partial charge in [-0.2, -0.15) is 0 Å². The Balaban J connectivity index is 2.20. The van der Waals surface area contributed by atoms with Crippen LogP contribution in [0.15, 0.2) is 29.7 Å². The van der Waals surface area contributed by atoms with Crippen LogP contribution >= 0.6 is 22.7 Å². The highest BCUT2D eigenvalue weighted by molar-refractivity contribution is 7.27. The maximum absolute atomic E-state index is 11.8. The first-order valence-corrected chi connectivity index (χ1v) is 6.57. The quantitative estimate of drug-likeness (QED) is 0.564. The smallest absolute Gasteiger partial charge is 0.176 e. The zero-order valence-corrected chi connectivity index (χ0v) is 10.2. The fourth-order valence-electron chi connectivity index (χ4n) is 1.34. The lowest BCUT2D eigenvalue weighted by atomic mass is 10.1. The van der Waals surface area contributed by atoms with E-state index in [1.807, 2.05) is 13.0 Å². The van der Waals surface area contributed by atoms with Gasteiger partial charge in [0.25, 0.3) is 0 Å². The minimum absolute atomic E-state index is 0.204. The Hall–Kier alpha value is -0.930. The van der Waals surface area contributed by atoms with Gasteiger partial charge in [0.05, 0.1) is 4.88 Å². The molecule has 0 aliphatic rings. The number of fused-ring (bicyclic) bond motifs is 1. The third-order valence-electron chi connectivity index (χ3n) is 2.32. The van der Waals surface area contributed by atoms with Crippen molar-refractivity contribution in [2.75, 3.05) is 0 Å². The molecule has 0 saturated heterocycles. The highest BCUT2D eigenvalue weighted by Gasteiger charge is 2.11. The number of rotatable bonds is 4. The average Bonchev–Trinajstić information content (AvgIpc) is 2.76. The predicted molar refractivity (Wildman–Crippen MR) is 68.1 cm³/mol. The Bertz CT molecular complexity index is 476. The van der Waals surface area contributed by atoms with E-state index in [4.69, 9.17) is 0 Å². The maximum Gasteiger partial charge on any atom is 0.176 e. The number of hydrogen-bond acceptors (Lipinski definition) is 3. The summed E-state index contributed by atoms with van der Waals surface area (Å²) in [6.07, 6.45) is 1.37. The molecule has 0 bridgehead atoms. The molecule has 0 aliphatic carbocycles. The van der Waals surface area contributed by atoms with Gasteiger partial charge >= 0.3 is 0 Å². The molecule has 78 valence electrons. The number of Topliss-reactive ketones (excluding diaryl/α,β-unsaturated/α-hetero) is 1. The zero-order valence-electron chi connectivity index (χ0n) is 8.58. The van der Waals surface area contributed by atoms with Gasteiger partial charge in [0.1, 0.15) is 0 Å². The number of carbonyl (C=O) groups excluding carboxylic acids is 1. The third-order valence-corrected chi connectivity index (χ3v) is 4.46. The van der Waals surface area contributed by atoms with E-state index in [0.717, 1.165) is 16.9 Å². The molecule has 0 spiro atoms. The summed E-state index contributed by atoms with van der Waals surface area (Å²) in [5.74, 6) is 0.204. The topological polar surface area (TPSA) is 17.1 Å². The first-order chi connectivity index (χ1) is 7.20. The average molecular weight is 236 g/mol. The lowest BCUT2D eigenvalue weighted by Gasteiger charge is -1.98. The van der Waals surface area contributed by atoms with Gasteiger partial charge in [-0.05, 0) is 23.9 Å². The summed E-state index contributed by atoms with van der Waals surface area (Å²) in [6, 6.07) is 4.06. The summed E-state index contributed by atoms with van der Waals surface area (Å²) in [6.45, 7) is 5.90. The van der Waals surface area contributed by atoms with Gasteiger partial charge in [-0.15, -0.1) is 22.7 Å². The summed E-state index contributed by atoms with van der Waals surface area (Å²) < 4.78 is 2.43. The Morgan fingerprint density at radius 3 is 2.93 bits per heavy atom. The van der Waals surface area contributed by atoms with Crippen molar-refractivity contribution in [1.29, 1.82) is 0 Å². The molecule has 0 fully saturated rings. The lowest BCUT2D eigenvalue weighted by molar-refractivity contribution is 0.0996. The second-order valence-electron chi connectivity index (χ2n) is 3.46. The van der Waals surface area contributed by atoms with Crippen molar-refractivity contribution in [3.8, 4) is 0 Å². The maximum atomic E-state index is 11.8. The molecule has 0 aromatic carbocycles. The largest absolute Gasteiger partial charge is 0.293 e. The zero-order chi connectivity index (χ0) is 10.8. The summed E-state index contributed by atoms with van der Waals surface area (Å²) in [7, 11) is 0. The fourth-order valence-corrected chi connectivity index (χ4v) is 3.39. The van der Waals surface area contributed by atoms with E-state index < -0.39 is 0 Å². The molecule has 0 atom stereocenters. The summed E-state index contributed by atoms with van der Waals surface area (Å²) in [5, 5.41) is 2.06. The molecular weight excluding hydrogens is 224 g/mol. The minimum Gasteiger partial charge on any atom is -0.293 e. The fraction of sp³-hybridized carbons (Fsp3) is 0.250. The molecule has 0 unspecified atom stereocenters. The molecule has 0 radical (unpaired) electrons. The molecule has 15 heavy (non-hydrogen) atoms. The van der Waals surface area contributed by atoms with Gasteiger partial charge in [-0.3, -0.25) is 4.79 Å². The van der Waals surface area contributed by atoms with Crippen molar-refractivity contribution in [1.82, 2.24) is 0 Å². The summed E-state index contributed by atoms with van der Waals surface area (Å²) in [4.78, 5) is 12.7. The van der Waals surface area contributed by atoms with Crippen molar-refractivity contribution in [2.24, 2.45) is 0 Å². The molecule has 0 saturated carbocycles. The molecule has 2 aromatic rings. The third kappa shape index (κ3) is 2.19. The molecule has 0 amide bonds. The van der Waals surface area contributed by atoms with Crippen LogP contribution in [-0.4, -0.2) is 5.78 Å². The van der Waals surface area contributed by atoms with E-state index in [0.29, 0.717) is 6.42 Å². The van der Waals surface area contributed by atoms with E-state index in [9.17, 15) is 4.79 Å². The standard InChI is InChI=1S/C12H12OS2/c1-3-8(2)6-9(13)11-7-12-10(15-11)4-5-14-12/h4-5,7H,2-3,6H2,1H3. The Morgan fingerprint density at radius 2 is 2.27 bits per heavy atom. The van der Waals surface area contributed by atoms with Gasteiger partial charge in [-0.25, -0.2) is 0 Å². The first-order valence-electron chi connectivity index (χ1n) is 4.87. The van der Waals surface area contributed by atoms with E-state index in [1.54, 1.807) is 22.7 Å². The van der Waals surface area contributed by atoms with Gasteiger partial charge < -0.3 is 0 Å². The summed E-state index contributed by atoms with van der Waals surface area (Å²) >= 11 is 3.27. The number of hydrogen-bond donors (Lipinski definition) is 0. The van der Waals surface area contributed by atoms with Crippen LogP contribution in [0.1, 0.15) is 29.4 Å². The Kier molecular flexibility index (Phi) is 3.03. The van der Waals surface area contributed by atoms with Crippen LogP contribution in [0, 0.1) is 0 Å². The molecule has 3 heteroatoms. The molecule has 0 N–H and O–H groups in total. The predicted octanol–water partition coefficient (Wildman–Crippen LogP) is 4.50. The van der Waals surface area contributed by atoms with Gasteiger partial charge in [-0.1, -0.05) is 19.1 Å². The van der Waals surface area contributed by atoms with Crippen molar-refractivity contribution in [3.05, 3.63) is 34.5 Å². The SMILES string of the molecule is C=C(CC)CC(=O)c1cc2sccc2s1. The molecule has 2 rings (SSSR count). The highest BCUT2D eigenvalue weighted by Crippen LogP contribution is 2.31.